The molecule has 1 amide bonds. The van der Waals surface area contributed by atoms with E-state index in [1.54, 1.807) is 12.3 Å². The molecule has 1 unspecified atom stereocenters. The Balaban J connectivity index is 2.56. The van der Waals surface area contributed by atoms with E-state index in [0.717, 1.165) is 6.42 Å². The molecular weight excluding hydrogens is 202 g/mol. The first-order chi connectivity index (χ1) is 7.63. The van der Waals surface area contributed by atoms with Gasteiger partial charge in [-0.2, -0.15) is 0 Å². The Labute approximate surface area is 96.3 Å². The second-order valence-corrected chi connectivity index (χ2v) is 4.27. The fourth-order valence-corrected chi connectivity index (χ4v) is 1.54. The van der Waals surface area contributed by atoms with Gasteiger partial charge < -0.3 is 11.1 Å². The first-order valence-corrected chi connectivity index (χ1v) is 5.55. The molecule has 1 atom stereocenters. The molecule has 0 aromatic carbocycles. The smallest absolute Gasteiger partial charge is 0.229 e. The van der Waals surface area contributed by atoms with Crippen LogP contribution >= 0.6 is 0 Å². The largest absolute Gasteiger partial charge is 0.330 e. The molecule has 0 aliphatic carbocycles. The fourth-order valence-electron chi connectivity index (χ4n) is 1.54. The van der Waals surface area contributed by atoms with Gasteiger partial charge in [0.1, 0.15) is 5.82 Å². The maximum atomic E-state index is 11.8. The zero-order chi connectivity index (χ0) is 12.0. The summed E-state index contributed by atoms with van der Waals surface area (Å²) < 4.78 is 0. The van der Waals surface area contributed by atoms with Crippen LogP contribution in [0.2, 0.25) is 0 Å². The number of nitrogens with zero attached hydrogens (tertiary/aromatic N) is 1. The van der Waals surface area contributed by atoms with Crippen molar-refractivity contribution in [3.63, 3.8) is 0 Å². The molecule has 0 aliphatic rings. The van der Waals surface area contributed by atoms with E-state index in [0.29, 0.717) is 18.3 Å². The minimum atomic E-state index is -0.137. The van der Waals surface area contributed by atoms with E-state index in [9.17, 15) is 4.79 Å². The van der Waals surface area contributed by atoms with Gasteiger partial charge in [-0.15, -0.1) is 0 Å². The van der Waals surface area contributed by atoms with Crippen LogP contribution in [0.3, 0.4) is 0 Å². The van der Waals surface area contributed by atoms with E-state index in [1.807, 2.05) is 12.1 Å². The van der Waals surface area contributed by atoms with Gasteiger partial charge in [-0.3, -0.25) is 4.79 Å². The molecule has 1 aromatic heterocycles. The van der Waals surface area contributed by atoms with Crippen molar-refractivity contribution in [3.05, 3.63) is 24.4 Å². The molecule has 0 spiro atoms. The van der Waals surface area contributed by atoms with Crippen molar-refractivity contribution >= 4 is 11.7 Å². The number of nitrogens with two attached hydrogens (primary N) is 1. The van der Waals surface area contributed by atoms with Crippen molar-refractivity contribution in [1.82, 2.24) is 4.98 Å². The lowest BCUT2D eigenvalue weighted by molar-refractivity contribution is -0.120. The van der Waals surface area contributed by atoms with Gasteiger partial charge in [0.25, 0.3) is 0 Å². The Morgan fingerprint density at radius 3 is 2.75 bits per heavy atom. The lowest BCUT2D eigenvalue weighted by Gasteiger charge is -2.16. The van der Waals surface area contributed by atoms with Gasteiger partial charge in [0.2, 0.25) is 5.91 Å². The predicted octanol–water partition coefficient (Wildman–Crippen LogP) is 1.64. The molecule has 1 rings (SSSR count). The second-order valence-electron chi connectivity index (χ2n) is 4.27. The van der Waals surface area contributed by atoms with Crippen LogP contribution in [0.15, 0.2) is 24.4 Å². The summed E-state index contributed by atoms with van der Waals surface area (Å²) in [5.74, 6) is 0.856. The zero-order valence-corrected chi connectivity index (χ0v) is 9.81. The third-order valence-electron chi connectivity index (χ3n) is 2.33. The Bertz CT molecular complexity index is 324. The molecule has 0 saturated carbocycles. The number of carbonyl (C=O) groups excluding carboxylic acids is 1. The molecule has 4 nitrogen and oxygen atoms in total. The van der Waals surface area contributed by atoms with Gasteiger partial charge in [0, 0.05) is 12.7 Å². The molecular formula is C12H19N3O. The van der Waals surface area contributed by atoms with Crippen LogP contribution in [0, 0.1) is 11.8 Å². The average molecular weight is 221 g/mol. The summed E-state index contributed by atoms with van der Waals surface area (Å²) in [6.45, 7) is 4.53. The lowest BCUT2D eigenvalue weighted by atomic mass is 9.96. The number of anilines is 1. The zero-order valence-electron chi connectivity index (χ0n) is 9.81. The number of aromatic nitrogens is 1. The van der Waals surface area contributed by atoms with E-state index in [-0.39, 0.29) is 11.8 Å². The summed E-state index contributed by atoms with van der Waals surface area (Å²) in [7, 11) is 0. The van der Waals surface area contributed by atoms with E-state index in [2.05, 4.69) is 24.1 Å². The maximum Gasteiger partial charge on any atom is 0.229 e. The van der Waals surface area contributed by atoms with Crippen molar-refractivity contribution < 1.29 is 4.79 Å². The molecule has 0 aliphatic heterocycles. The topological polar surface area (TPSA) is 68.0 Å². The highest BCUT2D eigenvalue weighted by Crippen LogP contribution is 2.12. The van der Waals surface area contributed by atoms with Gasteiger partial charge in [-0.05, 0) is 24.5 Å². The number of carbonyl (C=O) groups is 1. The summed E-state index contributed by atoms with van der Waals surface area (Å²) in [5.41, 5.74) is 5.59. The molecule has 1 heterocycles. The van der Waals surface area contributed by atoms with Crippen LogP contribution in [0.4, 0.5) is 5.82 Å². The molecule has 1 aromatic rings. The van der Waals surface area contributed by atoms with Crippen molar-refractivity contribution in [3.8, 4) is 0 Å². The summed E-state index contributed by atoms with van der Waals surface area (Å²) in [6.07, 6.45) is 2.45. The van der Waals surface area contributed by atoms with Gasteiger partial charge >= 0.3 is 0 Å². The second kappa shape index (κ2) is 6.23. The minimum Gasteiger partial charge on any atom is -0.330 e. The van der Waals surface area contributed by atoms with Crippen LogP contribution in [0.25, 0.3) is 0 Å². The van der Waals surface area contributed by atoms with E-state index >= 15 is 0 Å². The predicted molar refractivity (Wildman–Crippen MR) is 64.9 cm³/mol. The van der Waals surface area contributed by atoms with E-state index < -0.39 is 0 Å². The SMILES string of the molecule is CC(C)CC(CN)C(=O)Nc1ccccn1. The molecule has 16 heavy (non-hydrogen) atoms. The van der Waals surface area contributed by atoms with Crippen LogP contribution in [0.5, 0.6) is 0 Å². The normalized spacial score (nSPS) is 12.5. The third-order valence-corrected chi connectivity index (χ3v) is 2.33. The summed E-state index contributed by atoms with van der Waals surface area (Å²) >= 11 is 0. The van der Waals surface area contributed by atoms with Gasteiger partial charge in [0.05, 0.1) is 5.92 Å². The molecule has 0 fully saturated rings. The fraction of sp³-hybridized carbons (Fsp3) is 0.500. The highest BCUT2D eigenvalue weighted by molar-refractivity contribution is 5.91. The van der Waals surface area contributed by atoms with Gasteiger partial charge in [-0.1, -0.05) is 19.9 Å². The quantitative estimate of drug-likeness (QED) is 0.794. The summed E-state index contributed by atoms with van der Waals surface area (Å²) in [6, 6.07) is 5.41. The molecule has 3 N–H and O–H groups in total. The number of hydrogen-bond acceptors (Lipinski definition) is 3. The van der Waals surface area contributed by atoms with E-state index in [1.165, 1.54) is 0 Å². The number of rotatable bonds is 5. The first-order valence-electron chi connectivity index (χ1n) is 5.55. The van der Waals surface area contributed by atoms with Crippen LogP contribution < -0.4 is 11.1 Å². The van der Waals surface area contributed by atoms with Crippen molar-refractivity contribution in [1.29, 1.82) is 0 Å². The average Bonchev–Trinajstić information content (AvgIpc) is 2.26. The number of nitrogens with one attached hydrogen (secondary N) is 1. The van der Waals surface area contributed by atoms with E-state index in [4.69, 9.17) is 5.73 Å². The Morgan fingerprint density at radius 2 is 2.25 bits per heavy atom. The number of amides is 1. The lowest BCUT2D eigenvalue weighted by Crippen LogP contribution is -2.30. The molecule has 88 valence electrons. The summed E-state index contributed by atoms with van der Waals surface area (Å²) in [5, 5.41) is 2.77. The van der Waals surface area contributed by atoms with Crippen LogP contribution in [-0.2, 0) is 4.79 Å². The molecule has 0 bridgehead atoms. The van der Waals surface area contributed by atoms with Gasteiger partial charge in [0.15, 0.2) is 0 Å². The molecule has 0 radical (unpaired) electrons. The standard InChI is InChI=1S/C12H19N3O/c1-9(2)7-10(8-13)12(16)15-11-5-3-4-6-14-11/h3-6,9-10H,7-8,13H2,1-2H3,(H,14,15,16). The summed E-state index contributed by atoms with van der Waals surface area (Å²) in [4.78, 5) is 15.9. The Morgan fingerprint density at radius 1 is 1.50 bits per heavy atom. The monoisotopic (exact) mass is 221 g/mol. The van der Waals surface area contributed by atoms with Crippen LogP contribution in [0.1, 0.15) is 20.3 Å². The first kappa shape index (κ1) is 12.6. The highest BCUT2D eigenvalue weighted by atomic mass is 16.1. The maximum absolute atomic E-state index is 11.8. The van der Waals surface area contributed by atoms with Crippen LogP contribution in [-0.4, -0.2) is 17.4 Å². The van der Waals surface area contributed by atoms with Crippen molar-refractivity contribution in [2.24, 2.45) is 17.6 Å². The minimum absolute atomic E-state index is 0.0464. The number of hydrogen-bond donors (Lipinski definition) is 2. The van der Waals surface area contributed by atoms with Crippen molar-refractivity contribution in [2.45, 2.75) is 20.3 Å². The van der Waals surface area contributed by atoms with Crippen molar-refractivity contribution in [2.75, 3.05) is 11.9 Å². The Kier molecular flexibility index (Phi) is 4.92. The molecule has 4 heteroatoms. The Hall–Kier alpha value is -1.42. The highest BCUT2D eigenvalue weighted by Gasteiger charge is 2.18. The molecule has 0 saturated heterocycles. The number of pyridine rings is 1. The third kappa shape index (κ3) is 3.98. The van der Waals surface area contributed by atoms with Gasteiger partial charge in [-0.25, -0.2) is 4.98 Å².